The molecular formula is C14H18F3N3. The molecule has 1 aliphatic rings. The maximum atomic E-state index is 12.7. The number of nitrogens with two attached hydrogens (primary N) is 1. The van der Waals surface area contributed by atoms with Crippen LogP contribution < -0.4 is 11.3 Å². The van der Waals surface area contributed by atoms with E-state index in [4.69, 9.17) is 5.84 Å². The normalized spacial score (nSPS) is 18.1. The number of benzene rings is 1. The highest BCUT2D eigenvalue weighted by molar-refractivity contribution is 5.98. The number of halogens is 3. The van der Waals surface area contributed by atoms with Gasteiger partial charge in [0, 0.05) is 5.56 Å². The summed E-state index contributed by atoms with van der Waals surface area (Å²) >= 11 is 0. The number of alkyl halides is 3. The molecule has 6 heteroatoms. The summed E-state index contributed by atoms with van der Waals surface area (Å²) in [6, 6.07) is 5.20. The zero-order chi connectivity index (χ0) is 14.6. The molecule has 0 amide bonds. The third-order valence-electron chi connectivity index (χ3n) is 3.49. The van der Waals surface area contributed by atoms with Gasteiger partial charge >= 0.3 is 6.18 Å². The summed E-state index contributed by atoms with van der Waals surface area (Å²) in [7, 11) is 0. The van der Waals surface area contributed by atoms with Gasteiger partial charge in [-0.25, -0.2) is 5.84 Å². The topological polar surface area (TPSA) is 50.4 Å². The molecule has 0 heterocycles. The molecule has 110 valence electrons. The molecule has 2 rings (SSSR count). The lowest BCUT2D eigenvalue weighted by Crippen LogP contribution is -2.33. The van der Waals surface area contributed by atoms with E-state index in [2.05, 4.69) is 10.4 Å². The van der Waals surface area contributed by atoms with Crippen LogP contribution in [0.2, 0.25) is 0 Å². The maximum Gasteiger partial charge on any atom is 0.416 e. The molecule has 0 unspecified atom stereocenters. The number of rotatable bonds is 2. The van der Waals surface area contributed by atoms with Crippen LogP contribution in [0.4, 0.5) is 13.2 Å². The second-order valence-electron chi connectivity index (χ2n) is 4.99. The summed E-state index contributed by atoms with van der Waals surface area (Å²) in [5, 5.41) is 0. The highest BCUT2D eigenvalue weighted by Gasteiger charge is 2.30. The first-order chi connectivity index (χ1) is 9.50. The van der Waals surface area contributed by atoms with Crippen molar-refractivity contribution < 1.29 is 13.2 Å². The van der Waals surface area contributed by atoms with Gasteiger partial charge in [0.05, 0.1) is 11.6 Å². The molecule has 0 bridgehead atoms. The van der Waals surface area contributed by atoms with Crippen molar-refractivity contribution >= 4 is 5.84 Å². The molecule has 0 aliphatic heterocycles. The van der Waals surface area contributed by atoms with E-state index in [1.807, 2.05) is 0 Å². The lowest BCUT2D eigenvalue weighted by atomic mass is 9.96. The average Bonchev–Trinajstić information content (AvgIpc) is 2.45. The van der Waals surface area contributed by atoms with Crippen LogP contribution in [0, 0.1) is 0 Å². The molecule has 0 atom stereocenters. The van der Waals surface area contributed by atoms with Gasteiger partial charge in [-0.15, -0.1) is 0 Å². The lowest BCUT2D eigenvalue weighted by molar-refractivity contribution is -0.137. The minimum absolute atomic E-state index is 0.143. The number of hydrogen-bond acceptors (Lipinski definition) is 2. The average molecular weight is 285 g/mol. The molecule has 1 saturated carbocycles. The van der Waals surface area contributed by atoms with Crippen LogP contribution in [-0.4, -0.2) is 11.9 Å². The Morgan fingerprint density at radius 3 is 2.50 bits per heavy atom. The Morgan fingerprint density at radius 1 is 1.20 bits per heavy atom. The van der Waals surface area contributed by atoms with Crippen molar-refractivity contribution in [3.8, 4) is 0 Å². The third kappa shape index (κ3) is 3.72. The maximum absolute atomic E-state index is 12.7. The van der Waals surface area contributed by atoms with E-state index in [0.29, 0.717) is 11.4 Å². The van der Waals surface area contributed by atoms with Crippen LogP contribution in [0.5, 0.6) is 0 Å². The van der Waals surface area contributed by atoms with Crippen LogP contribution in [0.3, 0.4) is 0 Å². The standard InChI is InChI=1S/C14H18F3N3/c15-14(16,17)11-6-4-5-10(9-11)13(20-18)19-12-7-2-1-3-8-12/h4-6,9,12H,1-3,7-8,18H2,(H,19,20). The van der Waals surface area contributed by atoms with Crippen molar-refractivity contribution in [3.63, 3.8) is 0 Å². The second kappa shape index (κ2) is 6.26. The fraction of sp³-hybridized carbons (Fsp3) is 0.500. The Morgan fingerprint density at radius 2 is 1.90 bits per heavy atom. The van der Waals surface area contributed by atoms with E-state index < -0.39 is 11.7 Å². The van der Waals surface area contributed by atoms with Crippen LogP contribution in [0.1, 0.15) is 43.2 Å². The number of hydrogen-bond donors (Lipinski definition) is 2. The minimum atomic E-state index is -4.36. The van der Waals surface area contributed by atoms with E-state index in [-0.39, 0.29) is 6.04 Å². The molecule has 0 spiro atoms. The molecule has 1 fully saturated rings. The first kappa shape index (κ1) is 14.8. The first-order valence-corrected chi connectivity index (χ1v) is 6.73. The van der Waals surface area contributed by atoms with Gasteiger partial charge in [0.25, 0.3) is 0 Å². The van der Waals surface area contributed by atoms with Gasteiger partial charge in [-0.05, 0) is 25.0 Å². The Labute approximate surface area is 116 Å². The Bertz CT molecular complexity index is 477. The molecule has 0 aromatic heterocycles. The number of aliphatic imine (C=N–C) groups is 1. The van der Waals surface area contributed by atoms with E-state index in [1.165, 1.54) is 12.5 Å². The van der Waals surface area contributed by atoms with Crippen LogP contribution in [0.25, 0.3) is 0 Å². The fourth-order valence-corrected chi connectivity index (χ4v) is 2.43. The van der Waals surface area contributed by atoms with Crippen LogP contribution in [-0.2, 0) is 6.18 Å². The molecule has 0 saturated heterocycles. The second-order valence-corrected chi connectivity index (χ2v) is 4.99. The summed E-state index contributed by atoms with van der Waals surface area (Å²) in [5.41, 5.74) is 2.10. The van der Waals surface area contributed by atoms with Crippen molar-refractivity contribution in [2.75, 3.05) is 0 Å². The first-order valence-electron chi connectivity index (χ1n) is 6.73. The highest BCUT2D eigenvalue weighted by Crippen LogP contribution is 2.29. The van der Waals surface area contributed by atoms with Gasteiger partial charge in [-0.3, -0.25) is 4.99 Å². The summed E-state index contributed by atoms with van der Waals surface area (Å²) in [6.45, 7) is 0. The molecular weight excluding hydrogens is 267 g/mol. The molecule has 1 aromatic rings. The van der Waals surface area contributed by atoms with Crippen molar-refractivity contribution in [1.29, 1.82) is 0 Å². The number of nitrogens with one attached hydrogen (secondary N) is 1. The van der Waals surface area contributed by atoms with Crippen molar-refractivity contribution in [2.45, 2.75) is 44.3 Å². The van der Waals surface area contributed by atoms with E-state index in [1.54, 1.807) is 6.07 Å². The van der Waals surface area contributed by atoms with Gasteiger partial charge in [-0.1, -0.05) is 31.4 Å². The van der Waals surface area contributed by atoms with Crippen molar-refractivity contribution in [1.82, 2.24) is 5.43 Å². The van der Waals surface area contributed by atoms with E-state index in [0.717, 1.165) is 37.8 Å². The van der Waals surface area contributed by atoms with Gasteiger partial charge in [-0.2, -0.15) is 13.2 Å². The summed E-state index contributed by atoms with van der Waals surface area (Å²) < 4.78 is 38.1. The number of nitrogens with zero attached hydrogens (tertiary/aromatic N) is 1. The van der Waals surface area contributed by atoms with Crippen LogP contribution in [0.15, 0.2) is 29.3 Å². The lowest BCUT2D eigenvalue weighted by Gasteiger charge is -2.19. The molecule has 20 heavy (non-hydrogen) atoms. The number of amidine groups is 1. The quantitative estimate of drug-likeness (QED) is 0.379. The Hall–Kier alpha value is -1.56. The largest absolute Gasteiger partial charge is 0.416 e. The Balaban J connectivity index is 2.24. The molecule has 1 aliphatic carbocycles. The summed E-state index contributed by atoms with van der Waals surface area (Å²) in [6.07, 6.45) is 0.971. The highest BCUT2D eigenvalue weighted by atomic mass is 19.4. The molecule has 1 aromatic carbocycles. The van der Waals surface area contributed by atoms with E-state index >= 15 is 0 Å². The zero-order valence-electron chi connectivity index (χ0n) is 11.1. The van der Waals surface area contributed by atoms with Crippen molar-refractivity contribution in [3.05, 3.63) is 35.4 Å². The van der Waals surface area contributed by atoms with Gasteiger partial charge in [0.1, 0.15) is 5.84 Å². The molecule has 3 N–H and O–H groups in total. The van der Waals surface area contributed by atoms with Gasteiger partial charge in [0.15, 0.2) is 0 Å². The summed E-state index contributed by atoms with van der Waals surface area (Å²) in [5.74, 6) is 5.74. The minimum Gasteiger partial charge on any atom is -0.308 e. The van der Waals surface area contributed by atoms with Crippen molar-refractivity contribution in [2.24, 2.45) is 10.8 Å². The Kier molecular flexibility index (Phi) is 4.65. The zero-order valence-corrected chi connectivity index (χ0v) is 11.1. The SMILES string of the molecule is NNC(=NC1CCCCC1)c1cccc(C(F)(F)F)c1. The summed E-state index contributed by atoms with van der Waals surface area (Å²) in [4.78, 5) is 4.46. The van der Waals surface area contributed by atoms with E-state index in [9.17, 15) is 13.2 Å². The smallest absolute Gasteiger partial charge is 0.308 e. The third-order valence-corrected chi connectivity index (χ3v) is 3.49. The van der Waals surface area contributed by atoms with Gasteiger partial charge < -0.3 is 5.43 Å². The van der Waals surface area contributed by atoms with Crippen LogP contribution >= 0.6 is 0 Å². The number of hydrazine groups is 1. The van der Waals surface area contributed by atoms with Gasteiger partial charge in [0.2, 0.25) is 0 Å². The molecule has 0 radical (unpaired) electrons. The molecule has 3 nitrogen and oxygen atoms in total. The fourth-order valence-electron chi connectivity index (χ4n) is 2.43. The predicted molar refractivity (Wildman–Crippen MR) is 72.2 cm³/mol. The monoisotopic (exact) mass is 285 g/mol. The predicted octanol–water partition coefficient (Wildman–Crippen LogP) is 3.25.